The summed E-state index contributed by atoms with van der Waals surface area (Å²) in [5.74, 6) is 0. The van der Waals surface area contributed by atoms with Crippen LogP contribution >= 0.6 is 0 Å². The highest BCUT2D eigenvalue weighted by molar-refractivity contribution is 5.18. The molecule has 0 fully saturated rings. The van der Waals surface area contributed by atoms with Crippen LogP contribution in [0, 0.1) is 6.92 Å². The van der Waals surface area contributed by atoms with Crippen molar-refractivity contribution in [3.05, 3.63) is 41.2 Å². The molecule has 0 aliphatic carbocycles. The maximum absolute atomic E-state index is 4.45. The summed E-state index contributed by atoms with van der Waals surface area (Å²) in [5, 5.41) is 7.93. The molecule has 0 aromatic carbocycles. The van der Waals surface area contributed by atoms with Crippen molar-refractivity contribution < 1.29 is 0 Å². The number of nitrogens with zero attached hydrogens (tertiary/aromatic N) is 4. The van der Waals surface area contributed by atoms with Gasteiger partial charge in [0.15, 0.2) is 0 Å². The van der Waals surface area contributed by atoms with Crippen molar-refractivity contribution in [2.24, 2.45) is 7.05 Å². The largest absolute Gasteiger partial charge is 0.305 e. The van der Waals surface area contributed by atoms with Crippen LogP contribution in [0.1, 0.15) is 42.5 Å². The number of aryl methyl sites for hydroxylation is 3. The average Bonchev–Trinajstić information content (AvgIpc) is 2.77. The topological polar surface area (TPSA) is 55.6 Å². The zero-order valence-corrected chi connectivity index (χ0v) is 12.0. The summed E-state index contributed by atoms with van der Waals surface area (Å²) >= 11 is 0. The van der Waals surface area contributed by atoms with E-state index in [1.807, 2.05) is 18.7 Å². The molecule has 1 N–H and O–H groups in total. The van der Waals surface area contributed by atoms with Gasteiger partial charge in [0.25, 0.3) is 0 Å². The van der Waals surface area contributed by atoms with Gasteiger partial charge in [-0.15, -0.1) is 0 Å². The molecule has 0 radical (unpaired) electrons. The maximum atomic E-state index is 4.45. The lowest BCUT2D eigenvalue weighted by molar-refractivity contribution is 0.553. The molecule has 2 aromatic rings. The Morgan fingerprint density at radius 3 is 2.74 bits per heavy atom. The van der Waals surface area contributed by atoms with Gasteiger partial charge in [0.1, 0.15) is 0 Å². The van der Waals surface area contributed by atoms with E-state index in [4.69, 9.17) is 0 Å². The summed E-state index contributed by atoms with van der Waals surface area (Å²) in [4.78, 5) is 8.67. The normalized spacial score (nSPS) is 12.6. The van der Waals surface area contributed by atoms with E-state index in [1.165, 1.54) is 5.56 Å². The number of nitrogens with one attached hydrogen (secondary N) is 1. The molecular weight excluding hydrogens is 238 g/mol. The van der Waals surface area contributed by atoms with Gasteiger partial charge in [-0.1, -0.05) is 6.92 Å². The van der Waals surface area contributed by atoms with Gasteiger partial charge < -0.3 is 5.32 Å². The summed E-state index contributed by atoms with van der Waals surface area (Å²) < 4.78 is 1.87. The summed E-state index contributed by atoms with van der Waals surface area (Å²) in [6.07, 6.45) is 6.49. The van der Waals surface area contributed by atoms with Gasteiger partial charge in [0.05, 0.1) is 17.1 Å². The molecule has 0 bridgehead atoms. The maximum Gasteiger partial charge on any atom is 0.0782 e. The van der Waals surface area contributed by atoms with Gasteiger partial charge in [-0.2, -0.15) is 5.10 Å². The standard InChI is InChI=1S/C14H21N5/c1-5-13-12(9-19(4)18-13)8-17-11(3)14-10(2)15-6-7-16-14/h6-7,9,11,17H,5,8H2,1-4H3. The highest BCUT2D eigenvalue weighted by Crippen LogP contribution is 2.14. The second kappa shape index (κ2) is 5.93. The van der Waals surface area contributed by atoms with Crippen LogP contribution in [-0.4, -0.2) is 19.7 Å². The quantitative estimate of drug-likeness (QED) is 0.891. The van der Waals surface area contributed by atoms with Gasteiger partial charge in [-0.25, -0.2) is 0 Å². The second-order valence-electron chi connectivity index (χ2n) is 4.76. The summed E-state index contributed by atoms with van der Waals surface area (Å²) in [6.45, 7) is 7.03. The van der Waals surface area contributed by atoms with Gasteiger partial charge in [0.2, 0.25) is 0 Å². The summed E-state index contributed by atoms with van der Waals surface area (Å²) in [5.41, 5.74) is 4.38. The smallest absolute Gasteiger partial charge is 0.0782 e. The first-order valence-electron chi connectivity index (χ1n) is 6.64. The molecule has 0 spiro atoms. The van der Waals surface area contributed by atoms with Gasteiger partial charge in [0, 0.05) is 43.8 Å². The predicted molar refractivity (Wildman–Crippen MR) is 74.6 cm³/mol. The van der Waals surface area contributed by atoms with Crippen molar-refractivity contribution in [1.29, 1.82) is 0 Å². The molecular formula is C14H21N5. The molecule has 102 valence electrons. The number of aromatic nitrogens is 4. The predicted octanol–water partition coefficient (Wildman–Crippen LogP) is 1.93. The lowest BCUT2D eigenvalue weighted by Crippen LogP contribution is -2.20. The van der Waals surface area contributed by atoms with Crippen LogP contribution < -0.4 is 5.32 Å². The van der Waals surface area contributed by atoms with Crippen molar-refractivity contribution in [2.75, 3.05) is 0 Å². The molecule has 5 heteroatoms. The molecule has 0 saturated heterocycles. The first-order chi connectivity index (χ1) is 9.11. The molecule has 0 aliphatic rings. The Balaban J connectivity index is 2.04. The highest BCUT2D eigenvalue weighted by Gasteiger charge is 2.12. The molecule has 2 rings (SSSR count). The summed E-state index contributed by atoms with van der Waals surface area (Å²) in [6, 6.07) is 0.179. The van der Waals surface area contributed by atoms with Gasteiger partial charge in [-0.05, 0) is 20.3 Å². The van der Waals surface area contributed by atoms with Crippen molar-refractivity contribution in [3.63, 3.8) is 0 Å². The molecule has 1 unspecified atom stereocenters. The van der Waals surface area contributed by atoms with E-state index in [9.17, 15) is 0 Å². The fraction of sp³-hybridized carbons (Fsp3) is 0.500. The Kier molecular flexibility index (Phi) is 4.27. The lowest BCUT2D eigenvalue weighted by Gasteiger charge is -2.14. The number of rotatable bonds is 5. The first-order valence-corrected chi connectivity index (χ1v) is 6.64. The Labute approximate surface area is 114 Å². The molecule has 0 aliphatic heterocycles. The van der Waals surface area contributed by atoms with E-state index >= 15 is 0 Å². The van der Waals surface area contributed by atoms with E-state index in [-0.39, 0.29) is 6.04 Å². The minimum atomic E-state index is 0.179. The zero-order valence-electron chi connectivity index (χ0n) is 12.0. The Morgan fingerprint density at radius 1 is 1.32 bits per heavy atom. The van der Waals surface area contributed by atoms with Crippen molar-refractivity contribution in [1.82, 2.24) is 25.1 Å². The number of hydrogen-bond donors (Lipinski definition) is 1. The first kappa shape index (κ1) is 13.7. The fourth-order valence-electron chi connectivity index (χ4n) is 2.23. The second-order valence-corrected chi connectivity index (χ2v) is 4.76. The van der Waals surface area contributed by atoms with Crippen molar-refractivity contribution in [2.45, 2.75) is 39.8 Å². The third kappa shape index (κ3) is 3.17. The third-order valence-corrected chi connectivity index (χ3v) is 3.25. The minimum absolute atomic E-state index is 0.179. The monoisotopic (exact) mass is 259 g/mol. The molecule has 0 amide bonds. The Morgan fingerprint density at radius 2 is 2.05 bits per heavy atom. The van der Waals surface area contributed by atoms with E-state index < -0.39 is 0 Å². The van der Waals surface area contributed by atoms with Crippen molar-refractivity contribution in [3.8, 4) is 0 Å². The molecule has 2 heterocycles. The molecule has 0 saturated carbocycles. The van der Waals surface area contributed by atoms with Crippen molar-refractivity contribution >= 4 is 0 Å². The van der Waals surface area contributed by atoms with Crippen LogP contribution in [-0.2, 0) is 20.0 Å². The van der Waals surface area contributed by atoms with Crippen LogP contribution in [0.15, 0.2) is 18.6 Å². The highest BCUT2D eigenvalue weighted by atomic mass is 15.3. The molecule has 1 atom stereocenters. The third-order valence-electron chi connectivity index (χ3n) is 3.25. The Bertz CT molecular complexity index is 547. The fourth-order valence-corrected chi connectivity index (χ4v) is 2.23. The van der Waals surface area contributed by atoms with Gasteiger partial charge >= 0.3 is 0 Å². The molecule has 19 heavy (non-hydrogen) atoms. The van der Waals surface area contributed by atoms with E-state index in [0.29, 0.717) is 0 Å². The van der Waals surface area contributed by atoms with Crippen LogP contribution in [0.2, 0.25) is 0 Å². The minimum Gasteiger partial charge on any atom is -0.305 e. The van der Waals surface area contributed by atoms with Crippen LogP contribution in [0.4, 0.5) is 0 Å². The van der Waals surface area contributed by atoms with Crippen LogP contribution in [0.25, 0.3) is 0 Å². The Hall–Kier alpha value is -1.75. The summed E-state index contributed by atoms with van der Waals surface area (Å²) in [7, 11) is 1.96. The van der Waals surface area contributed by atoms with E-state index in [1.54, 1.807) is 12.4 Å². The molecule has 5 nitrogen and oxygen atoms in total. The molecule has 2 aromatic heterocycles. The SMILES string of the molecule is CCc1nn(C)cc1CNC(C)c1nccnc1C. The zero-order chi connectivity index (χ0) is 13.8. The number of hydrogen-bond acceptors (Lipinski definition) is 4. The van der Waals surface area contributed by atoms with Crippen LogP contribution in [0.5, 0.6) is 0 Å². The van der Waals surface area contributed by atoms with E-state index in [2.05, 4.69) is 40.4 Å². The van der Waals surface area contributed by atoms with E-state index in [0.717, 1.165) is 30.0 Å². The van der Waals surface area contributed by atoms with Gasteiger partial charge in [-0.3, -0.25) is 14.6 Å². The average molecular weight is 259 g/mol. The van der Waals surface area contributed by atoms with Crippen LogP contribution in [0.3, 0.4) is 0 Å². The lowest BCUT2D eigenvalue weighted by atomic mass is 10.1.